The minimum Gasteiger partial charge on any atom is -0.478 e. The summed E-state index contributed by atoms with van der Waals surface area (Å²) in [5.74, 6) is -0.934. The van der Waals surface area contributed by atoms with Gasteiger partial charge in [-0.15, -0.1) is 0 Å². The molecule has 0 aromatic carbocycles. The minimum absolute atomic E-state index is 0.0125. The summed E-state index contributed by atoms with van der Waals surface area (Å²) < 4.78 is 16.6. The normalized spacial score (nSPS) is 16.3. The lowest BCUT2D eigenvalue weighted by atomic mass is 10.1. The Balaban J connectivity index is 4.24. The number of aliphatic carboxylic acids is 1. The van der Waals surface area contributed by atoms with Crippen molar-refractivity contribution in [2.24, 2.45) is 5.92 Å². The fraction of sp³-hybridized carbons (Fsp3) is 0.812. The van der Waals surface area contributed by atoms with Crippen molar-refractivity contribution in [2.75, 3.05) is 33.0 Å². The number of ether oxygens (including phenoxy) is 3. The van der Waals surface area contributed by atoms with E-state index < -0.39 is 12.1 Å². The molecule has 0 bridgehead atoms. The highest BCUT2D eigenvalue weighted by Crippen LogP contribution is 2.07. The molecule has 2 N–H and O–H groups in total. The van der Waals surface area contributed by atoms with Gasteiger partial charge in [-0.1, -0.05) is 19.9 Å². The number of rotatable bonds is 13. The van der Waals surface area contributed by atoms with Crippen molar-refractivity contribution in [3.05, 3.63) is 11.6 Å². The second kappa shape index (κ2) is 12.6. The summed E-state index contributed by atoms with van der Waals surface area (Å²) in [5.41, 5.74) is 0.306. The van der Waals surface area contributed by atoms with Crippen molar-refractivity contribution in [1.82, 2.24) is 0 Å². The molecule has 0 heterocycles. The van der Waals surface area contributed by atoms with E-state index in [4.69, 9.17) is 19.3 Å². The summed E-state index contributed by atoms with van der Waals surface area (Å²) in [6.07, 6.45) is 1.85. The molecule has 6 nitrogen and oxygen atoms in total. The molecule has 0 aliphatic rings. The zero-order valence-electron chi connectivity index (χ0n) is 14.1. The smallest absolute Gasteiger partial charge is 0.330 e. The largest absolute Gasteiger partial charge is 0.478 e. The third-order valence-electron chi connectivity index (χ3n) is 2.78. The maximum atomic E-state index is 10.8. The van der Waals surface area contributed by atoms with Crippen LogP contribution in [0.1, 0.15) is 34.1 Å². The van der Waals surface area contributed by atoms with Crippen LogP contribution in [0.4, 0.5) is 0 Å². The maximum absolute atomic E-state index is 10.8. The van der Waals surface area contributed by atoms with E-state index in [2.05, 4.69) is 0 Å². The van der Waals surface area contributed by atoms with E-state index in [1.807, 2.05) is 13.8 Å². The van der Waals surface area contributed by atoms with Gasteiger partial charge in [0.2, 0.25) is 0 Å². The van der Waals surface area contributed by atoms with Gasteiger partial charge in [-0.05, 0) is 26.2 Å². The van der Waals surface area contributed by atoms with Gasteiger partial charge in [-0.3, -0.25) is 0 Å². The topological polar surface area (TPSA) is 85.2 Å². The SMILES string of the molecule is CCCOCC(COCC(C)O)OCC(C)C=C(C)C(=O)O. The highest BCUT2D eigenvalue weighted by atomic mass is 16.6. The zero-order valence-corrected chi connectivity index (χ0v) is 14.1. The van der Waals surface area contributed by atoms with E-state index in [0.29, 0.717) is 32.0 Å². The molecular weight excluding hydrogens is 288 g/mol. The molecule has 3 unspecified atom stereocenters. The van der Waals surface area contributed by atoms with E-state index in [-0.39, 0.29) is 18.6 Å². The van der Waals surface area contributed by atoms with Crippen molar-refractivity contribution in [2.45, 2.75) is 46.3 Å². The van der Waals surface area contributed by atoms with Gasteiger partial charge in [0.25, 0.3) is 0 Å². The molecule has 0 aliphatic carbocycles. The number of carboxylic acids is 1. The lowest BCUT2D eigenvalue weighted by Crippen LogP contribution is -2.29. The van der Waals surface area contributed by atoms with Crippen molar-refractivity contribution < 1.29 is 29.2 Å². The predicted octanol–water partition coefficient (Wildman–Crippen LogP) is 1.86. The Hall–Kier alpha value is -0.950. The van der Waals surface area contributed by atoms with Gasteiger partial charge >= 0.3 is 5.97 Å². The minimum atomic E-state index is -0.921. The summed E-state index contributed by atoms with van der Waals surface area (Å²) in [5, 5.41) is 18.0. The molecule has 0 rings (SSSR count). The average molecular weight is 318 g/mol. The van der Waals surface area contributed by atoms with Gasteiger partial charge in [0.1, 0.15) is 6.10 Å². The second-order valence-corrected chi connectivity index (χ2v) is 5.55. The highest BCUT2D eigenvalue weighted by molar-refractivity contribution is 5.85. The molecule has 0 fully saturated rings. The molecule has 0 aliphatic heterocycles. The zero-order chi connectivity index (χ0) is 17.0. The number of hydrogen-bond donors (Lipinski definition) is 2. The van der Waals surface area contributed by atoms with E-state index in [1.165, 1.54) is 0 Å². The Morgan fingerprint density at radius 1 is 1.14 bits per heavy atom. The first kappa shape index (κ1) is 21.0. The van der Waals surface area contributed by atoms with E-state index in [9.17, 15) is 9.90 Å². The fourth-order valence-electron chi connectivity index (χ4n) is 1.71. The molecule has 0 saturated carbocycles. The van der Waals surface area contributed by atoms with Crippen LogP contribution in [0.5, 0.6) is 0 Å². The molecule has 22 heavy (non-hydrogen) atoms. The first-order chi connectivity index (χ1) is 10.4. The van der Waals surface area contributed by atoms with Crippen LogP contribution in [0.25, 0.3) is 0 Å². The van der Waals surface area contributed by atoms with Crippen molar-refractivity contribution in [3.63, 3.8) is 0 Å². The summed E-state index contributed by atoms with van der Waals surface area (Å²) in [4.78, 5) is 10.8. The van der Waals surface area contributed by atoms with E-state index in [0.717, 1.165) is 6.42 Å². The molecule has 6 heteroatoms. The maximum Gasteiger partial charge on any atom is 0.330 e. The molecule has 0 aromatic heterocycles. The molecule has 0 radical (unpaired) electrons. The Morgan fingerprint density at radius 2 is 1.77 bits per heavy atom. The van der Waals surface area contributed by atoms with Crippen molar-refractivity contribution in [3.8, 4) is 0 Å². The highest BCUT2D eigenvalue weighted by Gasteiger charge is 2.13. The van der Waals surface area contributed by atoms with E-state index in [1.54, 1.807) is 19.9 Å². The van der Waals surface area contributed by atoms with Gasteiger partial charge in [0.15, 0.2) is 0 Å². The Kier molecular flexibility index (Phi) is 12.0. The second-order valence-electron chi connectivity index (χ2n) is 5.55. The molecule has 0 aromatic rings. The van der Waals surface area contributed by atoms with Gasteiger partial charge < -0.3 is 24.4 Å². The monoisotopic (exact) mass is 318 g/mol. The van der Waals surface area contributed by atoms with Crippen LogP contribution >= 0.6 is 0 Å². The Morgan fingerprint density at radius 3 is 2.32 bits per heavy atom. The van der Waals surface area contributed by atoms with Gasteiger partial charge in [0, 0.05) is 12.2 Å². The third kappa shape index (κ3) is 11.7. The number of carbonyl (C=O) groups is 1. The van der Waals surface area contributed by atoms with Gasteiger partial charge in [-0.25, -0.2) is 4.79 Å². The van der Waals surface area contributed by atoms with Crippen LogP contribution in [0, 0.1) is 5.92 Å². The summed E-state index contributed by atoms with van der Waals surface area (Å²) >= 11 is 0. The number of hydrogen-bond acceptors (Lipinski definition) is 5. The first-order valence-corrected chi connectivity index (χ1v) is 7.73. The summed E-state index contributed by atoms with van der Waals surface area (Å²) in [7, 11) is 0. The summed E-state index contributed by atoms with van der Waals surface area (Å²) in [6.45, 7) is 9.20. The van der Waals surface area contributed by atoms with Gasteiger partial charge in [-0.2, -0.15) is 0 Å². The molecule has 0 saturated heterocycles. The van der Waals surface area contributed by atoms with Crippen LogP contribution in [-0.2, 0) is 19.0 Å². The molecule has 0 amide bonds. The third-order valence-corrected chi connectivity index (χ3v) is 2.78. The van der Waals surface area contributed by atoms with Crippen molar-refractivity contribution >= 4 is 5.97 Å². The first-order valence-electron chi connectivity index (χ1n) is 7.73. The molecule has 3 atom stereocenters. The predicted molar refractivity (Wildman–Crippen MR) is 83.9 cm³/mol. The lowest BCUT2D eigenvalue weighted by Gasteiger charge is -2.20. The molecule has 0 spiro atoms. The van der Waals surface area contributed by atoms with Crippen LogP contribution in [0.15, 0.2) is 11.6 Å². The fourth-order valence-corrected chi connectivity index (χ4v) is 1.71. The van der Waals surface area contributed by atoms with E-state index >= 15 is 0 Å². The van der Waals surface area contributed by atoms with Crippen LogP contribution < -0.4 is 0 Å². The number of carboxylic acid groups (broad SMARTS) is 1. The van der Waals surface area contributed by atoms with Crippen LogP contribution in [0.3, 0.4) is 0 Å². The number of aliphatic hydroxyl groups excluding tert-OH is 1. The summed E-state index contributed by atoms with van der Waals surface area (Å²) in [6, 6.07) is 0. The lowest BCUT2D eigenvalue weighted by molar-refractivity contribution is -0.132. The Bertz CT molecular complexity index is 327. The Labute approximate surface area is 133 Å². The molecule has 130 valence electrons. The molecular formula is C16H30O6. The van der Waals surface area contributed by atoms with Crippen molar-refractivity contribution in [1.29, 1.82) is 0 Å². The van der Waals surface area contributed by atoms with Gasteiger partial charge in [0.05, 0.1) is 32.5 Å². The quantitative estimate of drug-likeness (QED) is 0.398. The number of aliphatic hydroxyl groups is 1. The van der Waals surface area contributed by atoms with Crippen LogP contribution in [0.2, 0.25) is 0 Å². The average Bonchev–Trinajstić information content (AvgIpc) is 2.43. The standard InChI is InChI=1S/C16H30O6/c1-5-6-20-10-15(11-21-9-14(4)17)22-8-12(2)7-13(3)16(18)19/h7,12,14-15,17H,5-6,8-11H2,1-4H3,(H,18,19). The van der Waals surface area contributed by atoms with Crippen LogP contribution in [-0.4, -0.2) is 61.4 Å².